The SMILES string of the molecule is Cc1c(C(=O)OCC(=O)c2ccccc2)sc2ccccc12. The van der Waals surface area contributed by atoms with Gasteiger partial charge in [-0.3, -0.25) is 4.79 Å². The maximum atomic E-state index is 12.2. The smallest absolute Gasteiger partial charge is 0.349 e. The minimum atomic E-state index is -0.442. The second kappa shape index (κ2) is 6.12. The first-order valence-corrected chi connectivity index (χ1v) is 7.72. The molecule has 110 valence electrons. The molecule has 0 bridgehead atoms. The van der Waals surface area contributed by atoms with E-state index in [1.807, 2.05) is 37.3 Å². The van der Waals surface area contributed by atoms with Gasteiger partial charge in [0.15, 0.2) is 12.4 Å². The molecule has 1 aromatic heterocycles. The van der Waals surface area contributed by atoms with Crippen molar-refractivity contribution in [1.29, 1.82) is 0 Å². The lowest BCUT2D eigenvalue weighted by molar-refractivity contribution is 0.0479. The molecular formula is C18H14O3S. The molecule has 3 rings (SSSR count). The van der Waals surface area contributed by atoms with Crippen LogP contribution in [0.4, 0.5) is 0 Å². The van der Waals surface area contributed by atoms with Crippen LogP contribution >= 0.6 is 11.3 Å². The summed E-state index contributed by atoms with van der Waals surface area (Å²) in [5.41, 5.74) is 1.45. The van der Waals surface area contributed by atoms with Crippen LogP contribution in [0.25, 0.3) is 10.1 Å². The molecule has 0 spiro atoms. The molecule has 0 saturated carbocycles. The summed E-state index contributed by atoms with van der Waals surface area (Å²) in [6.07, 6.45) is 0. The van der Waals surface area contributed by atoms with E-state index in [0.29, 0.717) is 10.4 Å². The van der Waals surface area contributed by atoms with Crippen molar-refractivity contribution in [2.45, 2.75) is 6.92 Å². The number of Topliss-reactive ketones (excluding diaryl/α,β-unsaturated/α-hetero) is 1. The minimum Gasteiger partial charge on any atom is -0.453 e. The van der Waals surface area contributed by atoms with Gasteiger partial charge in [0.05, 0.1) is 0 Å². The van der Waals surface area contributed by atoms with E-state index >= 15 is 0 Å². The third kappa shape index (κ3) is 2.78. The van der Waals surface area contributed by atoms with E-state index in [1.54, 1.807) is 24.3 Å². The third-order valence-electron chi connectivity index (χ3n) is 3.46. The van der Waals surface area contributed by atoms with Gasteiger partial charge < -0.3 is 4.74 Å². The summed E-state index contributed by atoms with van der Waals surface area (Å²) < 4.78 is 6.22. The van der Waals surface area contributed by atoms with E-state index in [0.717, 1.165) is 15.6 Å². The highest BCUT2D eigenvalue weighted by atomic mass is 32.1. The second-order valence-electron chi connectivity index (χ2n) is 4.92. The Morgan fingerprint density at radius 1 is 1.00 bits per heavy atom. The molecule has 0 aliphatic rings. The van der Waals surface area contributed by atoms with Crippen molar-refractivity contribution in [2.75, 3.05) is 6.61 Å². The Morgan fingerprint density at radius 3 is 2.41 bits per heavy atom. The molecule has 0 saturated heterocycles. The van der Waals surface area contributed by atoms with Crippen LogP contribution in [0.2, 0.25) is 0 Å². The van der Waals surface area contributed by atoms with Gasteiger partial charge in [-0.15, -0.1) is 11.3 Å². The van der Waals surface area contributed by atoms with Crippen LogP contribution in [0.1, 0.15) is 25.6 Å². The number of benzene rings is 2. The fourth-order valence-corrected chi connectivity index (χ4v) is 3.38. The Kier molecular flexibility index (Phi) is 4.02. The maximum absolute atomic E-state index is 12.2. The fourth-order valence-electron chi connectivity index (χ4n) is 2.27. The van der Waals surface area contributed by atoms with E-state index in [2.05, 4.69) is 0 Å². The molecule has 0 atom stereocenters. The predicted octanol–water partition coefficient (Wildman–Crippen LogP) is 4.25. The number of thiophene rings is 1. The highest BCUT2D eigenvalue weighted by Crippen LogP contribution is 2.30. The Labute approximate surface area is 132 Å². The number of fused-ring (bicyclic) bond motifs is 1. The van der Waals surface area contributed by atoms with Crippen LogP contribution in [0.5, 0.6) is 0 Å². The first-order chi connectivity index (χ1) is 10.7. The zero-order chi connectivity index (χ0) is 15.5. The number of rotatable bonds is 4. The van der Waals surface area contributed by atoms with E-state index in [4.69, 9.17) is 4.74 Å². The zero-order valence-electron chi connectivity index (χ0n) is 12.0. The Bertz CT molecular complexity index is 834. The van der Waals surface area contributed by atoms with Gasteiger partial charge in [0.1, 0.15) is 4.88 Å². The number of aryl methyl sites for hydroxylation is 1. The van der Waals surface area contributed by atoms with Crippen LogP contribution < -0.4 is 0 Å². The third-order valence-corrected chi connectivity index (χ3v) is 4.71. The van der Waals surface area contributed by atoms with Gasteiger partial charge in [0, 0.05) is 10.3 Å². The molecule has 3 aromatic rings. The maximum Gasteiger partial charge on any atom is 0.349 e. The van der Waals surface area contributed by atoms with E-state index in [1.165, 1.54) is 11.3 Å². The van der Waals surface area contributed by atoms with Gasteiger partial charge in [0.2, 0.25) is 0 Å². The van der Waals surface area contributed by atoms with Crippen molar-refractivity contribution >= 4 is 33.2 Å². The van der Waals surface area contributed by atoms with Gasteiger partial charge in [-0.05, 0) is 23.9 Å². The van der Waals surface area contributed by atoms with Crippen molar-refractivity contribution in [3.05, 3.63) is 70.6 Å². The largest absolute Gasteiger partial charge is 0.453 e. The number of hydrogen-bond acceptors (Lipinski definition) is 4. The Hall–Kier alpha value is -2.46. The fraction of sp³-hybridized carbons (Fsp3) is 0.111. The van der Waals surface area contributed by atoms with Gasteiger partial charge in [0.25, 0.3) is 0 Å². The lowest BCUT2D eigenvalue weighted by Gasteiger charge is -2.03. The molecule has 0 radical (unpaired) electrons. The number of ether oxygens (including phenoxy) is 1. The Balaban J connectivity index is 1.74. The molecule has 1 heterocycles. The molecule has 0 aliphatic heterocycles. The molecule has 22 heavy (non-hydrogen) atoms. The molecule has 0 N–H and O–H groups in total. The van der Waals surface area contributed by atoms with Crippen LogP contribution in [0.3, 0.4) is 0 Å². The molecule has 2 aromatic carbocycles. The molecule has 0 amide bonds. The average molecular weight is 310 g/mol. The topological polar surface area (TPSA) is 43.4 Å². The monoisotopic (exact) mass is 310 g/mol. The van der Waals surface area contributed by atoms with Crippen molar-refractivity contribution < 1.29 is 14.3 Å². The number of carbonyl (C=O) groups is 2. The first-order valence-electron chi connectivity index (χ1n) is 6.90. The van der Waals surface area contributed by atoms with Gasteiger partial charge in [-0.1, -0.05) is 48.5 Å². The summed E-state index contributed by atoms with van der Waals surface area (Å²) in [6.45, 7) is 1.66. The number of carbonyl (C=O) groups excluding carboxylic acids is 2. The molecule has 4 heteroatoms. The quantitative estimate of drug-likeness (QED) is 0.534. The highest BCUT2D eigenvalue weighted by Gasteiger charge is 2.18. The predicted molar refractivity (Wildman–Crippen MR) is 87.6 cm³/mol. The summed E-state index contributed by atoms with van der Waals surface area (Å²) in [5.74, 6) is -0.643. The lowest BCUT2D eigenvalue weighted by atomic mass is 10.1. The molecule has 0 unspecified atom stereocenters. The molecule has 0 aliphatic carbocycles. The summed E-state index contributed by atoms with van der Waals surface area (Å²) in [6, 6.07) is 16.6. The zero-order valence-corrected chi connectivity index (χ0v) is 12.9. The van der Waals surface area contributed by atoms with Crippen molar-refractivity contribution in [3.8, 4) is 0 Å². The van der Waals surface area contributed by atoms with Crippen molar-refractivity contribution in [3.63, 3.8) is 0 Å². The Morgan fingerprint density at radius 2 is 1.68 bits per heavy atom. The van der Waals surface area contributed by atoms with Crippen LogP contribution in [-0.2, 0) is 4.74 Å². The van der Waals surface area contributed by atoms with E-state index < -0.39 is 5.97 Å². The summed E-state index contributed by atoms with van der Waals surface area (Å²) in [5, 5.41) is 1.05. The number of esters is 1. The van der Waals surface area contributed by atoms with Crippen LogP contribution in [0.15, 0.2) is 54.6 Å². The highest BCUT2D eigenvalue weighted by molar-refractivity contribution is 7.21. The standard InChI is InChI=1S/C18H14O3S/c1-12-14-9-5-6-10-16(14)22-17(12)18(20)21-11-15(19)13-7-3-2-4-8-13/h2-10H,11H2,1H3. The van der Waals surface area contributed by atoms with Gasteiger partial charge in [-0.2, -0.15) is 0 Å². The van der Waals surface area contributed by atoms with Crippen molar-refractivity contribution in [1.82, 2.24) is 0 Å². The minimum absolute atomic E-state index is 0.201. The average Bonchev–Trinajstić information content (AvgIpc) is 2.90. The van der Waals surface area contributed by atoms with E-state index in [-0.39, 0.29) is 12.4 Å². The second-order valence-corrected chi connectivity index (χ2v) is 5.97. The van der Waals surface area contributed by atoms with Crippen LogP contribution in [-0.4, -0.2) is 18.4 Å². The number of hydrogen-bond donors (Lipinski definition) is 0. The molecule has 3 nitrogen and oxygen atoms in total. The van der Waals surface area contributed by atoms with Gasteiger partial charge in [-0.25, -0.2) is 4.79 Å². The lowest BCUT2D eigenvalue weighted by Crippen LogP contribution is -2.14. The number of ketones is 1. The first kappa shape index (κ1) is 14.5. The summed E-state index contributed by atoms with van der Waals surface area (Å²) in [7, 11) is 0. The van der Waals surface area contributed by atoms with Gasteiger partial charge >= 0.3 is 5.97 Å². The summed E-state index contributed by atoms with van der Waals surface area (Å²) >= 11 is 1.39. The normalized spacial score (nSPS) is 10.6. The molecular weight excluding hydrogens is 296 g/mol. The summed E-state index contributed by atoms with van der Waals surface area (Å²) in [4.78, 5) is 24.7. The van der Waals surface area contributed by atoms with E-state index in [9.17, 15) is 9.59 Å². The van der Waals surface area contributed by atoms with Crippen molar-refractivity contribution in [2.24, 2.45) is 0 Å². The molecule has 0 fully saturated rings. The van der Waals surface area contributed by atoms with Crippen LogP contribution in [0, 0.1) is 6.92 Å².